The number of benzene rings is 1. The second-order valence-corrected chi connectivity index (χ2v) is 5.60. The SMILES string of the molecule is COc1ccc(Br)cc1C(=O)NC(=S)N1CCCC1. The Hall–Kier alpha value is -1.14. The van der Waals surface area contributed by atoms with E-state index in [1.807, 2.05) is 11.0 Å². The van der Waals surface area contributed by atoms with Crippen LogP contribution >= 0.6 is 28.1 Å². The molecule has 1 saturated heterocycles. The van der Waals surface area contributed by atoms with E-state index in [2.05, 4.69) is 21.2 Å². The first-order valence-corrected chi connectivity index (χ1v) is 7.25. The normalized spacial score (nSPS) is 14.3. The zero-order chi connectivity index (χ0) is 13.8. The second kappa shape index (κ2) is 6.34. The molecule has 1 fully saturated rings. The molecule has 4 nitrogen and oxygen atoms in total. The van der Waals surface area contributed by atoms with Crippen LogP contribution in [0.15, 0.2) is 22.7 Å². The molecule has 102 valence electrons. The summed E-state index contributed by atoms with van der Waals surface area (Å²) in [5.74, 6) is 0.292. The van der Waals surface area contributed by atoms with Gasteiger partial charge in [0.05, 0.1) is 12.7 Å². The van der Waals surface area contributed by atoms with Crippen LogP contribution in [0.25, 0.3) is 0 Å². The number of likely N-dealkylation sites (tertiary alicyclic amines) is 1. The molecule has 0 spiro atoms. The minimum atomic E-state index is -0.241. The Bertz CT molecular complexity index is 501. The highest BCUT2D eigenvalue weighted by atomic mass is 79.9. The van der Waals surface area contributed by atoms with E-state index >= 15 is 0 Å². The van der Waals surface area contributed by atoms with Gasteiger partial charge in [-0.1, -0.05) is 15.9 Å². The number of amides is 1. The first-order valence-electron chi connectivity index (χ1n) is 6.05. The number of thiocarbonyl (C=S) groups is 1. The molecule has 19 heavy (non-hydrogen) atoms. The fourth-order valence-corrected chi connectivity index (χ4v) is 2.66. The van der Waals surface area contributed by atoms with Gasteiger partial charge in [0.15, 0.2) is 5.11 Å². The highest BCUT2D eigenvalue weighted by Crippen LogP contribution is 2.23. The van der Waals surface area contributed by atoms with Gasteiger partial charge in [0.1, 0.15) is 5.75 Å². The van der Waals surface area contributed by atoms with E-state index < -0.39 is 0 Å². The smallest absolute Gasteiger partial charge is 0.261 e. The fourth-order valence-electron chi connectivity index (χ4n) is 2.02. The van der Waals surface area contributed by atoms with E-state index in [4.69, 9.17) is 17.0 Å². The number of rotatable bonds is 2. The maximum atomic E-state index is 12.2. The van der Waals surface area contributed by atoms with Crippen LogP contribution in [-0.4, -0.2) is 36.1 Å². The van der Waals surface area contributed by atoms with E-state index in [1.165, 1.54) is 0 Å². The third-order valence-electron chi connectivity index (χ3n) is 3.02. The van der Waals surface area contributed by atoms with Crippen molar-refractivity contribution >= 4 is 39.2 Å². The summed E-state index contributed by atoms with van der Waals surface area (Å²) in [5.41, 5.74) is 0.471. The number of methoxy groups -OCH3 is 1. The predicted octanol–water partition coefficient (Wildman–Crippen LogP) is 2.57. The minimum Gasteiger partial charge on any atom is -0.496 e. The van der Waals surface area contributed by atoms with Gasteiger partial charge in [0.25, 0.3) is 5.91 Å². The molecule has 1 aromatic rings. The van der Waals surface area contributed by atoms with Crippen molar-refractivity contribution in [2.75, 3.05) is 20.2 Å². The first-order chi connectivity index (χ1) is 9.11. The Morgan fingerprint density at radius 3 is 2.74 bits per heavy atom. The van der Waals surface area contributed by atoms with Crippen LogP contribution in [0.4, 0.5) is 0 Å². The fraction of sp³-hybridized carbons (Fsp3) is 0.385. The molecule has 1 aliphatic heterocycles. The molecule has 0 unspecified atom stereocenters. The summed E-state index contributed by atoms with van der Waals surface area (Å²) >= 11 is 8.59. The molecule has 1 aromatic carbocycles. The molecule has 0 atom stereocenters. The van der Waals surface area contributed by atoms with Crippen LogP contribution in [0.1, 0.15) is 23.2 Å². The van der Waals surface area contributed by atoms with Crippen LogP contribution in [0.2, 0.25) is 0 Å². The highest BCUT2D eigenvalue weighted by molar-refractivity contribution is 9.10. The number of hydrogen-bond acceptors (Lipinski definition) is 3. The van der Waals surface area contributed by atoms with Crippen molar-refractivity contribution < 1.29 is 9.53 Å². The third kappa shape index (κ3) is 3.45. The van der Waals surface area contributed by atoms with Gasteiger partial charge in [-0.3, -0.25) is 10.1 Å². The Balaban J connectivity index is 2.10. The van der Waals surface area contributed by atoms with Crippen LogP contribution < -0.4 is 10.1 Å². The first kappa shape index (κ1) is 14.3. The number of hydrogen-bond donors (Lipinski definition) is 1. The molecule has 1 amide bonds. The van der Waals surface area contributed by atoms with Crippen molar-refractivity contribution in [1.29, 1.82) is 0 Å². The molecule has 1 aliphatic rings. The van der Waals surface area contributed by atoms with E-state index in [9.17, 15) is 4.79 Å². The van der Waals surface area contributed by atoms with Crippen molar-refractivity contribution in [2.24, 2.45) is 0 Å². The molecule has 0 bridgehead atoms. The molecule has 2 rings (SSSR count). The average molecular weight is 343 g/mol. The van der Waals surface area contributed by atoms with Gasteiger partial charge in [0, 0.05) is 17.6 Å². The lowest BCUT2D eigenvalue weighted by molar-refractivity contribution is 0.0971. The summed E-state index contributed by atoms with van der Waals surface area (Å²) in [6.07, 6.45) is 2.24. The van der Waals surface area contributed by atoms with Gasteiger partial charge < -0.3 is 9.64 Å². The van der Waals surface area contributed by atoms with Gasteiger partial charge in [-0.05, 0) is 43.3 Å². The zero-order valence-corrected chi connectivity index (χ0v) is 13.0. The second-order valence-electron chi connectivity index (χ2n) is 4.30. The molecule has 6 heteroatoms. The quantitative estimate of drug-likeness (QED) is 0.838. The number of ether oxygens (including phenoxy) is 1. The van der Waals surface area contributed by atoms with E-state index in [0.29, 0.717) is 16.4 Å². The minimum absolute atomic E-state index is 0.241. The maximum Gasteiger partial charge on any atom is 0.261 e. The summed E-state index contributed by atoms with van der Waals surface area (Å²) in [6.45, 7) is 1.82. The largest absolute Gasteiger partial charge is 0.496 e. The number of halogens is 1. The topological polar surface area (TPSA) is 41.6 Å². The van der Waals surface area contributed by atoms with Gasteiger partial charge in [-0.15, -0.1) is 0 Å². The predicted molar refractivity (Wildman–Crippen MR) is 81.6 cm³/mol. The molecule has 0 saturated carbocycles. The number of nitrogens with one attached hydrogen (secondary N) is 1. The summed E-state index contributed by atoms with van der Waals surface area (Å²) in [7, 11) is 1.54. The standard InChI is InChI=1S/C13H15BrN2O2S/c1-18-11-5-4-9(14)8-10(11)12(17)15-13(19)16-6-2-3-7-16/h4-5,8H,2-3,6-7H2,1H3,(H,15,17,19). The lowest BCUT2D eigenvalue weighted by atomic mass is 10.2. The van der Waals surface area contributed by atoms with Crippen LogP contribution in [0.5, 0.6) is 5.75 Å². The molecular weight excluding hydrogens is 328 g/mol. The third-order valence-corrected chi connectivity index (χ3v) is 3.87. The van der Waals surface area contributed by atoms with Crippen molar-refractivity contribution in [3.63, 3.8) is 0 Å². The molecule has 0 radical (unpaired) electrons. The van der Waals surface area contributed by atoms with E-state index in [-0.39, 0.29) is 5.91 Å². The summed E-state index contributed by atoms with van der Waals surface area (Å²) in [6, 6.07) is 5.30. The Morgan fingerprint density at radius 1 is 1.42 bits per heavy atom. The Labute approximate surface area is 126 Å². The number of nitrogens with zero attached hydrogens (tertiary/aromatic N) is 1. The molecular formula is C13H15BrN2O2S. The van der Waals surface area contributed by atoms with E-state index in [0.717, 1.165) is 30.4 Å². The van der Waals surface area contributed by atoms with Crippen molar-refractivity contribution in [2.45, 2.75) is 12.8 Å². The van der Waals surface area contributed by atoms with Crippen molar-refractivity contribution in [3.8, 4) is 5.75 Å². The highest BCUT2D eigenvalue weighted by Gasteiger charge is 2.19. The van der Waals surface area contributed by atoms with Gasteiger partial charge in [-0.2, -0.15) is 0 Å². The Kier molecular flexibility index (Phi) is 4.76. The monoisotopic (exact) mass is 342 g/mol. The molecule has 0 aromatic heterocycles. The summed E-state index contributed by atoms with van der Waals surface area (Å²) in [5, 5.41) is 3.25. The number of carbonyl (C=O) groups excluding carboxylic acids is 1. The summed E-state index contributed by atoms with van der Waals surface area (Å²) < 4.78 is 6.01. The van der Waals surface area contributed by atoms with Crippen molar-refractivity contribution in [1.82, 2.24) is 10.2 Å². The molecule has 0 aliphatic carbocycles. The average Bonchev–Trinajstić information content (AvgIpc) is 2.92. The van der Waals surface area contributed by atoms with Crippen LogP contribution in [0.3, 0.4) is 0 Å². The van der Waals surface area contributed by atoms with E-state index in [1.54, 1.807) is 19.2 Å². The zero-order valence-electron chi connectivity index (χ0n) is 10.6. The number of carbonyl (C=O) groups is 1. The lowest BCUT2D eigenvalue weighted by Crippen LogP contribution is -2.41. The van der Waals surface area contributed by atoms with Gasteiger partial charge in [-0.25, -0.2) is 0 Å². The maximum absolute atomic E-state index is 12.2. The molecule has 1 heterocycles. The van der Waals surface area contributed by atoms with Crippen LogP contribution in [0, 0.1) is 0 Å². The lowest BCUT2D eigenvalue weighted by Gasteiger charge is -2.19. The van der Waals surface area contributed by atoms with Crippen molar-refractivity contribution in [3.05, 3.63) is 28.2 Å². The molecule has 1 N–H and O–H groups in total. The summed E-state index contributed by atoms with van der Waals surface area (Å²) in [4.78, 5) is 14.2. The van der Waals surface area contributed by atoms with Gasteiger partial charge in [0.2, 0.25) is 0 Å². The van der Waals surface area contributed by atoms with Gasteiger partial charge >= 0.3 is 0 Å². The van der Waals surface area contributed by atoms with Crippen LogP contribution in [-0.2, 0) is 0 Å². The Morgan fingerprint density at radius 2 is 2.11 bits per heavy atom.